The van der Waals surface area contributed by atoms with Crippen molar-refractivity contribution in [2.45, 2.75) is 19.9 Å². The van der Waals surface area contributed by atoms with E-state index in [4.69, 9.17) is 5.73 Å². The molecule has 102 valence electrons. The molecule has 0 amide bonds. The minimum absolute atomic E-state index is 0.543. The summed E-state index contributed by atoms with van der Waals surface area (Å²) in [6, 6.07) is 4.09. The number of rotatable bonds is 3. The van der Waals surface area contributed by atoms with Crippen molar-refractivity contribution in [3.8, 4) is 6.07 Å². The number of hydrogen-bond acceptors (Lipinski definition) is 3. The van der Waals surface area contributed by atoms with Crippen molar-refractivity contribution in [2.75, 3.05) is 12.3 Å². The molecule has 0 spiro atoms. The monoisotopic (exact) mass is 265 g/mol. The van der Waals surface area contributed by atoms with Crippen LogP contribution in [0.5, 0.6) is 0 Å². The lowest BCUT2D eigenvalue weighted by molar-refractivity contribution is 0.644. The SMILES string of the molecule is C=C/C=C(\C=C/C)c1cc(C#N)c(N)c2c1CCNC2. The molecule has 1 aliphatic rings. The van der Waals surface area contributed by atoms with Crippen molar-refractivity contribution in [3.63, 3.8) is 0 Å². The van der Waals surface area contributed by atoms with Crippen molar-refractivity contribution < 1.29 is 0 Å². The van der Waals surface area contributed by atoms with Gasteiger partial charge >= 0.3 is 0 Å². The molecule has 1 aromatic rings. The molecular weight excluding hydrogens is 246 g/mol. The molecule has 20 heavy (non-hydrogen) atoms. The highest BCUT2D eigenvalue weighted by molar-refractivity contribution is 5.81. The maximum atomic E-state index is 9.28. The quantitative estimate of drug-likeness (QED) is 0.652. The predicted molar refractivity (Wildman–Crippen MR) is 84.0 cm³/mol. The van der Waals surface area contributed by atoms with E-state index in [2.05, 4.69) is 18.0 Å². The number of anilines is 1. The van der Waals surface area contributed by atoms with E-state index in [1.165, 1.54) is 5.56 Å². The molecule has 0 aromatic heterocycles. The number of nitrogens with two attached hydrogens (primary N) is 1. The Morgan fingerprint density at radius 1 is 1.50 bits per heavy atom. The molecule has 0 unspecified atom stereocenters. The first-order valence-electron chi connectivity index (χ1n) is 6.73. The van der Waals surface area contributed by atoms with Crippen molar-refractivity contribution in [1.29, 1.82) is 5.26 Å². The minimum Gasteiger partial charge on any atom is -0.397 e. The van der Waals surface area contributed by atoms with Gasteiger partial charge in [0.2, 0.25) is 0 Å². The third-order valence-corrected chi connectivity index (χ3v) is 3.52. The largest absolute Gasteiger partial charge is 0.397 e. The van der Waals surface area contributed by atoms with Gasteiger partial charge in [0.05, 0.1) is 11.3 Å². The Morgan fingerprint density at radius 3 is 2.95 bits per heavy atom. The zero-order valence-electron chi connectivity index (χ0n) is 11.7. The van der Waals surface area contributed by atoms with Gasteiger partial charge in [-0.15, -0.1) is 0 Å². The van der Waals surface area contributed by atoms with Crippen LogP contribution in [0.25, 0.3) is 5.57 Å². The molecule has 1 aromatic carbocycles. The molecular formula is C17H19N3. The molecule has 1 aliphatic heterocycles. The van der Waals surface area contributed by atoms with Gasteiger partial charge in [0.1, 0.15) is 6.07 Å². The molecule has 3 N–H and O–H groups in total. The summed E-state index contributed by atoms with van der Waals surface area (Å²) in [7, 11) is 0. The Hall–Kier alpha value is -2.31. The highest BCUT2D eigenvalue weighted by Crippen LogP contribution is 2.32. The summed E-state index contributed by atoms with van der Waals surface area (Å²) in [6.45, 7) is 7.40. The molecule has 0 saturated heterocycles. The highest BCUT2D eigenvalue weighted by Gasteiger charge is 2.19. The average molecular weight is 265 g/mol. The standard InChI is InChI=1S/C17H19N3/c1-3-5-12(6-4-2)15-9-13(10-18)17(19)16-11-20-8-7-14(15)16/h3-6,9,20H,1,7-8,11,19H2,2H3/b6-4-,12-5+. The maximum Gasteiger partial charge on any atom is 0.101 e. The number of fused-ring (bicyclic) bond motifs is 1. The molecule has 2 rings (SSSR count). The van der Waals surface area contributed by atoms with E-state index in [1.807, 2.05) is 31.2 Å². The van der Waals surface area contributed by atoms with E-state index in [9.17, 15) is 5.26 Å². The van der Waals surface area contributed by atoms with Gasteiger partial charge in [-0.3, -0.25) is 0 Å². The van der Waals surface area contributed by atoms with Crippen LogP contribution in [0.1, 0.15) is 29.2 Å². The van der Waals surface area contributed by atoms with E-state index < -0.39 is 0 Å². The van der Waals surface area contributed by atoms with Gasteiger partial charge in [-0.05, 0) is 48.2 Å². The number of nitrogens with one attached hydrogen (secondary N) is 1. The number of allylic oxidation sites excluding steroid dienone is 5. The maximum absolute atomic E-state index is 9.28. The fourth-order valence-electron chi connectivity index (χ4n) is 2.60. The van der Waals surface area contributed by atoms with Crippen LogP contribution in [0.2, 0.25) is 0 Å². The van der Waals surface area contributed by atoms with Crippen LogP contribution in [0.3, 0.4) is 0 Å². The lowest BCUT2D eigenvalue weighted by Gasteiger charge is -2.23. The average Bonchev–Trinajstić information content (AvgIpc) is 2.48. The summed E-state index contributed by atoms with van der Waals surface area (Å²) in [5.41, 5.74) is 11.7. The first-order chi connectivity index (χ1) is 9.72. The second-order valence-corrected chi connectivity index (χ2v) is 4.74. The van der Waals surface area contributed by atoms with E-state index in [0.29, 0.717) is 11.3 Å². The van der Waals surface area contributed by atoms with Crippen LogP contribution in [-0.4, -0.2) is 6.54 Å². The normalized spacial score (nSPS) is 14.9. The summed E-state index contributed by atoms with van der Waals surface area (Å²) in [5, 5.41) is 12.6. The second-order valence-electron chi connectivity index (χ2n) is 4.74. The third-order valence-electron chi connectivity index (χ3n) is 3.52. The van der Waals surface area contributed by atoms with E-state index in [1.54, 1.807) is 6.08 Å². The molecule has 0 fully saturated rings. The summed E-state index contributed by atoms with van der Waals surface area (Å²) in [4.78, 5) is 0. The topological polar surface area (TPSA) is 61.8 Å². The molecule has 1 heterocycles. The minimum atomic E-state index is 0.543. The fraction of sp³-hybridized carbons (Fsp3) is 0.235. The van der Waals surface area contributed by atoms with Crippen molar-refractivity contribution in [2.24, 2.45) is 0 Å². The van der Waals surface area contributed by atoms with Crippen LogP contribution < -0.4 is 11.1 Å². The van der Waals surface area contributed by atoms with Gasteiger partial charge in [0.15, 0.2) is 0 Å². The smallest absolute Gasteiger partial charge is 0.101 e. The number of nitrogen functional groups attached to an aromatic ring is 1. The molecule has 0 saturated carbocycles. The zero-order chi connectivity index (χ0) is 14.5. The van der Waals surface area contributed by atoms with Crippen LogP contribution >= 0.6 is 0 Å². The second kappa shape index (κ2) is 6.23. The zero-order valence-corrected chi connectivity index (χ0v) is 11.7. The molecule has 0 bridgehead atoms. The van der Waals surface area contributed by atoms with Crippen molar-refractivity contribution in [1.82, 2.24) is 5.32 Å². The van der Waals surface area contributed by atoms with Gasteiger partial charge in [0, 0.05) is 6.54 Å². The molecule has 0 aliphatic carbocycles. The lowest BCUT2D eigenvalue weighted by atomic mass is 9.87. The number of nitriles is 1. The Kier molecular flexibility index (Phi) is 4.39. The Morgan fingerprint density at radius 2 is 2.30 bits per heavy atom. The Bertz CT molecular complexity index is 631. The van der Waals surface area contributed by atoms with Crippen LogP contribution in [0.15, 0.2) is 36.9 Å². The van der Waals surface area contributed by atoms with Crippen LogP contribution in [0, 0.1) is 11.3 Å². The lowest BCUT2D eigenvalue weighted by Crippen LogP contribution is -2.26. The van der Waals surface area contributed by atoms with Gasteiger partial charge in [0.25, 0.3) is 0 Å². The van der Waals surface area contributed by atoms with E-state index in [0.717, 1.165) is 36.2 Å². The van der Waals surface area contributed by atoms with Gasteiger partial charge in [-0.1, -0.05) is 30.9 Å². The summed E-state index contributed by atoms with van der Waals surface area (Å²) in [6.07, 6.45) is 8.69. The van der Waals surface area contributed by atoms with Crippen LogP contribution in [-0.2, 0) is 13.0 Å². The Labute approximate surface area is 120 Å². The summed E-state index contributed by atoms with van der Waals surface area (Å²) >= 11 is 0. The van der Waals surface area contributed by atoms with Crippen LogP contribution in [0.4, 0.5) is 5.69 Å². The van der Waals surface area contributed by atoms with Crippen molar-refractivity contribution >= 4 is 11.3 Å². The summed E-state index contributed by atoms with van der Waals surface area (Å²) < 4.78 is 0. The molecule has 0 radical (unpaired) electrons. The first-order valence-corrected chi connectivity index (χ1v) is 6.73. The van der Waals surface area contributed by atoms with Gasteiger partial charge in [-0.25, -0.2) is 0 Å². The Balaban J connectivity index is 2.72. The van der Waals surface area contributed by atoms with Gasteiger partial charge < -0.3 is 11.1 Å². The molecule has 0 atom stereocenters. The van der Waals surface area contributed by atoms with Crippen molar-refractivity contribution in [3.05, 3.63) is 59.2 Å². The molecule has 3 heteroatoms. The number of benzene rings is 1. The highest BCUT2D eigenvalue weighted by atomic mass is 14.9. The third kappa shape index (κ3) is 2.52. The first kappa shape index (κ1) is 14.1. The fourth-order valence-corrected chi connectivity index (χ4v) is 2.60. The molecule has 3 nitrogen and oxygen atoms in total. The predicted octanol–water partition coefficient (Wildman–Crippen LogP) is 2.93. The summed E-state index contributed by atoms with van der Waals surface area (Å²) in [5.74, 6) is 0. The van der Waals surface area contributed by atoms with Gasteiger partial charge in [-0.2, -0.15) is 5.26 Å². The van der Waals surface area contributed by atoms with E-state index in [-0.39, 0.29) is 0 Å². The number of nitrogens with zero attached hydrogens (tertiary/aromatic N) is 1. The number of hydrogen-bond donors (Lipinski definition) is 2. The van der Waals surface area contributed by atoms with E-state index >= 15 is 0 Å².